The second-order valence-corrected chi connectivity index (χ2v) is 6.53. The summed E-state index contributed by atoms with van der Waals surface area (Å²) in [5, 5.41) is 8.13. The number of nitrogens with zero attached hydrogens (tertiary/aromatic N) is 3. The highest BCUT2D eigenvalue weighted by Gasteiger charge is 2.17. The molecule has 5 heteroatoms. The molecule has 1 atom stereocenters. The predicted octanol–water partition coefficient (Wildman–Crippen LogP) is 2.94. The van der Waals surface area contributed by atoms with Gasteiger partial charge in [-0.05, 0) is 62.6 Å². The highest BCUT2D eigenvalue weighted by atomic mass is 79.9. The topological polar surface area (TPSA) is 33.1 Å². The molecule has 0 radical (unpaired) electrons. The van der Waals surface area contributed by atoms with Crippen molar-refractivity contribution in [3.8, 4) is 0 Å². The average Bonchev–Trinajstić information content (AvgIpc) is 2.75. The molecule has 0 saturated carbocycles. The molecule has 114 valence electrons. The molecule has 0 aliphatic carbocycles. The van der Waals surface area contributed by atoms with Gasteiger partial charge in [0.15, 0.2) is 0 Å². The summed E-state index contributed by atoms with van der Waals surface area (Å²) < 4.78 is 3.23. The lowest BCUT2D eigenvalue weighted by Crippen LogP contribution is -2.43. The molecule has 1 aromatic rings. The van der Waals surface area contributed by atoms with E-state index in [1.807, 2.05) is 0 Å². The summed E-state index contributed by atoms with van der Waals surface area (Å²) in [6.45, 7) is 11.9. The Kier molecular flexibility index (Phi) is 6.05. The number of aromatic nitrogens is 2. The third-order valence-corrected chi connectivity index (χ3v) is 5.23. The van der Waals surface area contributed by atoms with E-state index in [1.54, 1.807) is 0 Å². The summed E-state index contributed by atoms with van der Waals surface area (Å²) in [4.78, 5) is 2.61. The Morgan fingerprint density at radius 1 is 1.30 bits per heavy atom. The second-order valence-electron chi connectivity index (χ2n) is 5.74. The highest BCUT2D eigenvalue weighted by Crippen LogP contribution is 2.20. The lowest BCUT2D eigenvalue weighted by molar-refractivity contribution is 0.170. The van der Waals surface area contributed by atoms with Gasteiger partial charge in [-0.1, -0.05) is 6.42 Å². The summed E-state index contributed by atoms with van der Waals surface area (Å²) in [5.41, 5.74) is 2.34. The number of likely N-dealkylation sites (tertiary alicyclic amines) is 1. The molecule has 1 aliphatic rings. The summed E-state index contributed by atoms with van der Waals surface area (Å²) in [6.07, 6.45) is 4.12. The molecule has 0 bridgehead atoms. The Labute approximate surface area is 131 Å². The first-order valence-electron chi connectivity index (χ1n) is 7.80. The SMILES string of the molecule is CCn1nc(C)c(Br)c1CNCC(C)N1CCCCC1. The van der Waals surface area contributed by atoms with Gasteiger partial charge < -0.3 is 5.32 Å². The molecule has 4 nitrogen and oxygen atoms in total. The standard InChI is InChI=1S/C15H27BrN4/c1-4-20-14(15(16)13(3)18-20)11-17-10-12(2)19-8-6-5-7-9-19/h12,17H,4-11H2,1-3H3. The molecule has 2 rings (SSSR count). The van der Waals surface area contributed by atoms with Crippen LogP contribution in [0.5, 0.6) is 0 Å². The van der Waals surface area contributed by atoms with Crippen LogP contribution < -0.4 is 5.32 Å². The molecule has 0 aromatic carbocycles. The predicted molar refractivity (Wildman–Crippen MR) is 86.9 cm³/mol. The summed E-state index contributed by atoms with van der Waals surface area (Å²) in [6, 6.07) is 0.619. The third kappa shape index (κ3) is 3.83. The quantitative estimate of drug-likeness (QED) is 0.862. The van der Waals surface area contributed by atoms with Crippen molar-refractivity contribution in [2.45, 2.75) is 59.2 Å². The first-order valence-corrected chi connectivity index (χ1v) is 8.59. The Bertz CT molecular complexity index is 424. The van der Waals surface area contributed by atoms with Gasteiger partial charge in [0.2, 0.25) is 0 Å². The third-order valence-electron chi connectivity index (χ3n) is 4.20. The van der Waals surface area contributed by atoms with E-state index in [2.05, 4.69) is 56.7 Å². The fourth-order valence-corrected chi connectivity index (χ4v) is 3.35. The van der Waals surface area contributed by atoms with Crippen LogP contribution in [0.4, 0.5) is 0 Å². The van der Waals surface area contributed by atoms with Crippen molar-refractivity contribution in [3.05, 3.63) is 15.9 Å². The monoisotopic (exact) mass is 342 g/mol. The van der Waals surface area contributed by atoms with Crippen molar-refractivity contribution in [1.29, 1.82) is 0 Å². The van der Waals surface area contributed by atoms with Gasteiger partial charge in [0.25, 0.3) is 0 Å². The van der Waals surface area contributed by atoms with Crippen molar-refractivity contribution in [3.63, 3.8) is 0 Å². The van der Waals surface area contributed by atoms with Crippen molar-refractivity contribution < 1.29 is 0 Å². The smallest absolute Gasteiger partial charge is 0.0739 e. The van der Waals surface area contributed by atoms with Crippen LogP contribution in [0.1, 0.15) is 44.5 Å². The van der Waals surface area contributed by atoms with Gasteiger partial charge in [-0.15, -0.1) is 0 Å². The van der Waals surface area contributed by atoms with Gasteiger partial charge >= 0.3 is 0 Å². The number of piperidine rings is 1. The van der Waals surface area contributed by atoms with Crippen molar-refractivity contribution >= 4 is 15.9 Å². The zero-order valence-electron chi connectivity index (χ0n) is 13.0. The van der Waals surface area contributed by atoms with E-state index in [0.29, 0.717) is 6.04 Å². The Hall–Kier alpha value is -0.390. The van der Waals surface area contributed by atoms with Crippen LogP contribution in [-0.4, -0.2) is 40.4 Å². The number of nitrogens with one attached hydrogen (secondary N) is 1. The summed E-state index contributed by atoms with van der Waals surface area (Å²) >= 11 is 3.65. The van der Waals surface area contributed by atoms with Crippen LogP contribution in [-0.2, 0) is 13.1 Å². The molecule has 0 spiro atoms. The van der Waals surface area contributed by atoms with Gasteiger partial charge in [0.05, 0.1) is 15.9 Å². The molecular formula is C15H27BrN4. The van der Waals surface area contributed by atoms with Crippen molar-refractivity contribution in [2.24, 2.45) is 0 Å². The number of halogens is 1. The molecule has 2 heterocycles. The fraction of sp³-hybridized carbons (Fsp3) is 0.800. The minimum absolute atomic E-state index is 0.619. The Balaban J connectivity index is 1.83. The Morgan fingerprint density at radius 2 is 2.00 bits per heavy atom. The van der Waals surface area contributed by atoms with Crippen LogP contribution in [0, 0.1) is 6.92 Å². The van der Waals surface area contributed by atoms with E-state index in [0.717, 1.165) is 29.8 Å². The molecule has 0 amide bonds. The number of aryl methyl sites for hydroxylation is 2. The molecule has 1 aromatic heterocycles. The number of hydrogen-bond donors (Lipinski definition) is 1. The lowest BCUT2D eigenvalue weighted by Gasteiger charge is -2.32. The van der Waals surface area contributed by atoms with Crippen LogP contribution in [0.2, 0.25) is 0 Å². The maximum atomic E-state index is 4.54. The molecule has 1 fully saturated rings. The van der Waals surface area contributed by atoms with Gasteiger partial charge in [-0.3, -0.25) is 9.58 Å². The van der Waals surface area contributed by atoms with E-state index in [1.165, 1.54) is 38.0 Å². The van der Waals surface area contributed by atoms with E-state index < -0.39 is 0 Å². The minimum Gasteiger partial charge on any atom is -0.310 e. The van der Waals surface area contributed by atoms with Crippen LogP contribution >= 0.6 is 15.9 Å². The molecule has 1 saturated heterocycles. The summed E-state index contributed by atoms with van der Waals surface area (Å²) in [7, 11) is 0. The summed E-state index contributed by atoms with van der Waals surface area (Å²) in [5.74, 6) is 0. The maximum absolute atomic E-state index is 4.54. The van der Waals surface area contributed by atoms with Gasteiger partial charge in [-0.25, -0.2) is 0 Å². The highest BCUT2D eigenvalue weighted by molar-refractivity contribution is 9.10. The second kappa shape index (κ2) is 7.57. The zero-order valence-corrected chi connectivity index (χ0v) is 14.5. The fourth-order valence-electron chi connectivity index (χ4n) is 2.93. The lowest BCUT2D eigenvalue weighted by atomic mass is 10.1. The minimum atomic E-state index is 0.619. The molecule has 1 unspecified atom stereocenters. The first-order chi connectivity index (χ1) is 9.63. The normalized spacial score (nSPS) is 18.4. The number of hydrogen-bond acceptors (Lipinski definition) is 3. The van der Waals surface area contributed by atoms with Gasteiger partial charge in [0.1, 0.15) is 0 Å². The van der Waals surface area contributed by atoms with E-state index in [4.69, 9.17) is 0 Å². The number of rotatable bonds is 6. The van der Waals surface area contributed by atoms with Gasteiger partial charge in [-0.2, -0.15) is 5.10 Å². The average molecular weight is 343 g/mol. The Morgan fingerprint density at radius 3 is 2.65 bits per heavy atom. The van der Waals surface area contributed by atoms with Gasteiger partial charge in [0, 0.05) is 25.7 Å². The maximum Gasteiger partial charge on any atom is 0.0739 e. The van der Waals surface area contributed by atoms with Crippen LogP contribution in [0.15, 0.2) is 4.47 Å². The van der Waals surface area contributed by atoms with Crippen LogP contribution in [0.3, 0.4) is 0 Å². The van der Waals surface area contributed by atoms with E-state index >= 15 is 0 Å². The molecule has 20 heavy (non-hydrogen) atoms. The zero-order chi connectivity index (χ0) is 14.5. The first kappa shape index (κ1) is 16.0. The molecule has 1 aliphatic heterocycles. The largest absolute Gasteiger partial charge is 0.310 e. The molecule has 1 N–H and O–H groups in total. The van der Waals surface area contributed by atoms with E-state index in [9.17, 15) is 0 Å². The van der Waals surface area contributed by atoms with Crippen molar-refractivity contribution in [2.75, 3.05) is 19.6 Å². The van der Waals surface area contributed by atoms with E-state index in [-0.39, 0.29) is 0 Å². The molecular weight excluding hydrogens is 316 g/mol. The van der Waals surface area contributed by atoms with Crippen LogP contribution in [0.25, 0.3) is 0 Å². The van der Waals surface area contributed by atoms with Crippen molar-refractivity contribution in [1.82, 2.24) is 20.0 Å².